The second-order valence-electron chi connectivity index (χ2n) is 6.72. The second-order valence-corrected chi connectivity index (χ2v) is 6.72. The predicted molar refractivity (Wildman–Crippen MR) is 104 cm³/mol. The molecule has 1 amide bonds. The number of carbonyl (C=O) groups is 1. The van der Waals surface area contributed by atoms with Crippen LogP contribution in [0.5, 0.6) is 0 Å². The zero-order valence-electron chi connectivity index (χ0n) is 16.5. The zero-order valence-corrected chi connectivity index (χ0v) is 16.5. The van der Waals surface area contributed by atoms with Gasteiger partial charge in [0.25, 0.3) is 0 Å². The number of carbonyl (C=O) groups excluding carboxylic acids is 1. The number of nitrogens with two attached hydrogens (primary N) is 1. The van der Waals surface area contributed by atoms with Crippen molar-refractivity contribution in [3.05, 3.63) is 0 Å². The lowest BCUT2D eigenvalue weighted by Crippen LogP contribution is -2.41. The highest BCUT2D eigenvalue weighted by atomic mass is 16.5. The summed E-state index contributed by atoms with van der Waals surface area (Å²) in [5.74, 6) is 0. The van der Waals surface area contributed by atoms with Crippen LogP contribution in [0.2, 0.25) is 0 Å². The Morgan fingerprint density at radius 2 is 1.48 bits per heavy atom. The van der Waals surface area contributed by atoms with Gasteiger partial charge in [-0.25, -0.2) is 0 Å². The van der Waals surface area contributed by atoms with Crippen LogP contribution in [0.4, 0.5) is 0 Å². The Balaban J connectivity index is 3.67. The summed E-state index contributed by atoms with van der Waals surface area (Å²) < 4.78 is 10.9. The van der Waals surface area contributed by atoms with E-state index in [4.69, 9.17) is 15.2 Å². The molecule has 0 heterocycles. The van der Waals surface area contributed by atoms with Crippen LogP contribution in [-0.2, 0) is 14.3 Å². The van der Waals surface area contributed by atoms with Crippen LogP contribution in [0.3, 0.4) is 0 Å². The van der Waals surface area contributed by atoms with Crippen molar-refractivity contribution in [2.45, 2.75) is 70.8 Å². The summed E-state index contributed by atoms with van der Waals surface area (Å²) in [6.45, 7) is 9.72. The van der Waals surface area contributed by atoms with Gasteiger partial charge in [0, 0.05) is 25.2 Å². The molecule has 0 aromatic carbocycles. The van der Waals surface area contributed by atoms with Gasteiger partial charge >= 0.3 is 0 Å². The van der Waals surface area contributed by atoms with Crippen LogP contribution >= 0.6 is 0 Å². The number of hydrogen-bond acceptors (Lipinski definition) is 5. The first-order valence-corrected chi connectivity index (χ1v) is 10.0. The van der Waals surface area contributed by atoms with Crippen LogP contribution < -0.4 is 16.4 Å². The monoisotopic (exact) mass is 359 g/mol. The van der Waals surface area contributed by atoms with E-state index >= 15 is 0 Å². The summed E-state index contributed by atoms with van der Waals surface area (Å²) in [6, 6.07) is 0. The second kappa shape index (κ2) is 18.1. The molecule has 25 heavy (non-hydrogen) atoms. The fourth-order valence-corrected chi connectivity index (χ4v) is 2.81. The van der Waals surface area contributed by atoms with Crippen molar-refractivity contribution in [3.8, 4) is 0 Å². The molecule has 0 radical (unpaired) electrons. The average molecular weight is 360 g/mol. The molecule has 6 nitrogen and oxygen atoms in total. The number of unbranched alkanes of at least 4 members (excludes halogenated alkanes) is 1. The third-order valence-corrected chi connectivity index (χ3v) is 4.28. The van der Waals surface area contributed by atoms with E-state index in [1.807, 2.05) is 0 Å². The quantitative estimate of drug-likeness (QED) is 0.229. The molecule has 0 saturated heterocycles. The standard InChI is InChI=1S/C19H41N3O3/c1-3-5-8-19(20,10-7-12-22-18-23)9-6-11-21-13-15-25-17-16-24-14-4-2/h18,21H,3-17,20H2,1-2H3,(H,22,23). The van der Waals surface area contributed by atoms with Gasteiger partial charge in [0.05, 0.1) is 19.8 Å². The highest BCUT2D eigenvalue weighted by Crippen LogP contribution is 2.23. The van der Waals surface area contributed by atoms with Crippen molar-refractivity contribution in [1.82, 2.24) is 10.6 Å². The summed E-state index contributed by atoms with van der Waals surface area (Å²) in [5, 5.41) is 6.13. The van der Waals surface area contributed by atoms with Crippen molar-refractivity contribution in [2.24, 2.45) is 5.73 Å². The largest absolute Gasteiger partial charge is 0.379 e. The van der Waals surface area contributed by atoms with E-state index in [2.05, 4.69) is 24.5 Å². The molecule has 0 aromatic heterocycles. The Hall–Kier alpha value is -0.690. The lowest BCUT2D eigenvalue weighted by Gasteiger charge is -2.30. The lowest BCUT2D eigenvalue weighted by atomic mass is 9.84. The first kappa shape index (κ1) is 24.3. The lowest BCUT2D eigenvalue weighted by molar-refractivity contribution is -0.109. The molecule has 150 valence electrons. The molecular weight excluding hydrogens is 318 g/mol. The molecule has 0 aliphatic heterocycles. The molecule has 0 spiro atoms. The molecule has 1 unspecified atom stereocenters. The first-order chi connectivity index (χ1) is 12.2. The van der Waals surface area contributed by atoms with E-state index in [-0.39, 0.29) is 5.54 Å². The molecular formula is C19H41N3O3. The molecule has 4 N–H and O–H groups in total. The van der Waals surface area contributed by atoms with Gasteiger partial charge in [0.1, 0.15) is 0 Å². The van der Waals surface area contributed by atoms with E-state index < -0.39 is 0 Å². The van der Waals surface area contributed by atoms with Crippen molar-refractivity contribution in [1.29, 1.82) is 0 Å². The smallest absolute Gasteiger partial charge is 0.207 e. The minimum Gasteiger partial charge on any atom is -0.379 e. The molecule has 0 aliphatic carbocycles. The number of ether oxygens (including phenoxy) is 2. The Kier molecular flexibility index (Phi) is 17.6. The van der Waals surface area contributed by atoms with Gasteiger partial charge in [-0.3, -0.25) is 4.79 Å². The minimum absolute atomic E-state index is 0.102. The predicted octanol–water partition coefficient (Wildman–Crippen LogP) is 2.21. The third-order valence-electron chi connectivity index (χ3n) is 4.28. The fourth-order valence-electron chi connectivity index (χ4n) is 2.81. The van der Waals surface area contributed by atoms with E-state index in [1.165, 1.54) is 12.8 Å². The number of hydrogen-bond donors (Lipinski definition) is 3. The van der Waals surface area contributed by atoms with Crippen LogP contribution in [0.1, 0.15) is 65.2 Å². The van der Waals surface area contributed by atoms with Gasteiger partial charge < -0.3 is 25.8 Å². The maximum Gasteiger partial charge on any atom is 0.207 e. The third kappa shape index (κ3) is 16.5. The summed E-state index contributed by atoms with van der Waals surface area (Å²) >= 11 is 0. The summed E-state index contributed by atoms with van der Waals surface area (Å²) in [5.41, 5.74) is 6.50. The fraction of sp³-hybridized carbons (Fsp3) is 0.947. The van der Waals surface area contributed by atoms with Crippen LogP contribution in [0.25, 0.3) is 0 Å². The van der Waals surface area contributed by atoms with Gasteiger partial charge in [-0.15, -0.1) is 0 Å². The Bertz CT molecular complexity index is 293. The molecule has 0 aliphatic rings. The molecule has 6 heteroatoms. The van der Waals surface area contributed by atoms with Crippen LogP contribution in [0.15, 0.2) is 0 Å². The van der Waals surface area contributed by atoms with E-state index in [0.717, 1.165) is 71.2 Å². The average Bonchev–Trinajstić information content (AvgIpc) is 2.62. The van der Waals surface area contributed by atoms with Crippen LogP contribution in [0, 0.1) is 0 Å². The molecule has 0 bridgehead atoms. The van der Waals surface area contributed by atoms with Crippen molar-refractivity contribution >= 4 is 6.41 Å². The summed E-state index contributed by atoms with van der Waals surface area (Å²) in [7, 11) is 0. The minimum atomic E-state index is -0.102. The summed E-state index contributed by atoms with van der Waals surface area (Å²) in [6.07, 6.45) is 9.21. The van der Waals surface area contributed by atoms with Gasteiger partial charge in [-0.05, 0) is 45.1 Å². The molecule has 0 fully saturated rings. The first-order valence-electron chi connectivity index (χ1n) is 10.0. The van der Waals surface area contributed by atoms with E-state index in [9.17, 15) is 4.79 Å². The Labute approximate surface area is 154 Å². The van der Waals surface area contributed by atoms with Crippen molar-refractivity contribution in [2.75, 3.05) is 46.1 Å². The van der Waals surface area contributed by atoms with Crippen molar-refractivity contribution in [3.63, 3.8) is 0 Å². The maximum atomic E-state index is 10.3. The normalized spacial score (nSPS) is 13.6. The number of amides is 1. The topological polar surface area (TPSA) is 85.6 Å². The molecule has 0 saturated carbocycles. The van der Waals surface area contributed by atoms with Crippen LogP contribution in [-0.4, -0.2) is 58.0 Å². The molecule has 0 aromatic rings. The number of nitrogens with one attached hydrogen (secondary N) is 2. The SMILES string of the molecule is CCCCC(N)(CCCNC=O)CCCNCCOCCOCCC. The van der Waals surface area contributed by atoms with Crippen molar-refractivity contribution < 1.29 is 14.3 Å². The Morgan fingerprint density at radius 1 is 0.840 bits per heavy atom. The van der Waals surface area contributed by atoms with E-state index in [1.54, 1.807) is 0 Å². The molecule has 1 atom stereocenters. The highest BCUT2D eigenvalue weighted by Gasteiger charge is 2.23. The number of rotatable bonds is 20. The van der Waals surface area contributed by atoms with Gasteiger partial charge in [0.15, 0.2) is 0 Å². The van der Waals surface area contributed by atoms with Gasteiger partial charge in [0.2, 0.25) is 6.41 Å². The maximum absolute atomic E-state index is 10.3. The molecule has 0 rings (SSSR count). The van der Waals surface area contributed by atoms with Gasteiger partial charge in [-0.2, -0.15) is 0 Å². The zero-order chi connectivity index (χ0) is 18.6. The highest BCUT2D eigenvalue weighted by molar-refractivity contribution is 5.45. The Morgan fingerprint density at radius 3 is 2.12 bits per heavy atom. The van der Waals surface area contributed by atoms with Gasteiger partial charge in [-0.1, -0.05) is 26.7 Å². The summed E-state index contributed by atoms with van der Waals surface area (Å²) in [4.78, 5) is 10.3. The van der Waals surface area contributed by atoms with E-state index in [0.29, 0.717) is 19.8 Å².